The Morgan fingerprint density at radius 1 is 1.24 bits per heavy atom. The quantitative estimate of drug-likeness (QED) is 0.774. The third kappa shape index (κ3) is 2.57. The van der Waals surface area contributed by atoms with E-state index in [1.807, 2.05) is 43.3 Å². The third-order valence-electron chi connectivity index (χ3n) is 3.55. The zero-order valence-corrected chi connectivity index (χ0v) is 12.4. The number of pyridine rings is 1. The number of furan rings is 1. The number of para-hydroxylation sites is 1. The molecule has 1 aromatic carbocycles. The molecule has 1 N–H and O–H groups in total. The lowest BCUT2D eigenvalue weighted by atomic mass is 10.2. The van der Waals surface area contributed by atoms with E-state index in [-0.39, 0.29) is 6.04 Å². The lowest BCUT2D eigenvalue weighted by molar-refractivity contribution is 0.406. The molecule has 0 radical (unpaired) electrons. The molecule has 0 bridgehead atoms. The van der Waals surface area contributed by atoms with Gasteiger partial charge in [-0.2, -0.15) is 0 Å². The molecule has 0 spiro atoms. The van der Waals surface area contributed by atoms with Crippen molar-refractivity contribution in [2.24, 2.45) is 0 Å². The van der Waals surface area contributed by atoms with Crippen molar-refractivity contribution >= 4 is 16.7 Å². The SMILES string of the molecule is COc1cccc2cc(C(C)Nc3cccnc3C)oc12. The Hall–Kier alpha value is -2.49. The Labute approximate surface area is 123 Å². The standard InChI is InChI=1S/C17H18N2O2/c1-11-14(7-5-9-18-11)19-12(2)16-10-13-6-4-8-15(20-3)17(13)21-16/h4-10,12,19H,1-3H3. The highest BCUT2D eigenvalue weighted by molar-refractivity contribution is 5.83. The fourth-order valence-electron chi connectivity index (χ4n) is 2.37. The summed E-state index contributed by atoms with van der Waals surface area (Å²) in [5, 5.41) is 4.47. The summed E-state index contributed by atoms with van der Waals surface area (Å²) in [6.07, 6.45) is 1.79. The molecule has 2 heterocycles. The van der Waals surface area contributed by atoms with E-state index >= 15 is 0 Å². The van der Waals surface area contributed by atoms with E-state index in [4.69, 9.17) is 9.15 Å². The molecule has 0 aliphatic heterocycles. The smallest absolute Gasteiger partial charge is 0.176 e. The Bertz CT molecular complexity index is 764. The first-order chi connectivity index (χ1) is 10.2. The van der Waals surface area contributed by atoms with Crippen molar-refractivity contribution in [2.45, 2.75) is 19.9 Å². The summed E-state index contributed by atoms with van der Waals surface area (Å²) in [7, 11) is 1.65. The van der Waals surface area contributed by atoms with Crippen molar-refractivity contribution in [1.29, 1.82) is 0 Å². The molecule has 1 unspecified atom stereocenters. The molecule has 4 heteroatoms. The number of methoxy groups -OCH3 is 1. The average Bonchev–Trinajstić information content (AvgIpc) is 2.93. The second-order valence-corrected chi connectivity index (χ2v) is 5.03. The number of nitrogens with one attached hydrogen (secondary N) is 1. The van der Waals surface area contributed by atoms with Crippen LogP contribution in [0.5, 0.6) is 5.75 Å². The van der Waals surface area contributed by atoms with E-state index in [1.54, 1.807) is 13.3 Å². The minimum atomic E-state index is 0.0463. The van der Waals surface area contributed by atoms with Gasteiger partial charge in [-0.1, -0.05) is 12.1 Å². The summed E-state index contributed by atoms with van der Waals surface area (Å²) in [5.74, 6) is 1.63. The Kier molecular flexibility index (Phi) is 3.52. The molecular formula is C17H18N2O2. The molecule has 2 aromatic heterocycles. The fourth-order valence-corrected chi connectivity index (χ4v) is 2.37. The minimum Gasteiger partial charge on any atom is -0.493 e. The highest BCUT2D eigenvalue weighted by atomic mass is 16.5. The molecule has 0 saturated heterocycles. The van der Waals surface area contributed by atoms with Gasteiger partial charge >= 0.3 is 0 Å². The van der Waals surface area contributed by atoms with E-state index in [0.29, 0.717) is 0 Å². The second-order valence-electron chi connectivity index (χ2n) is 5.03. The first-order valence-electron chi connectivity index (χ1n) is 6.93. The summed E-state index contributed by atoms with van der Waals surface area (Å²) >= 11 is 0. The molecule has 1 atom stereocenters. The van der Waals surface area contributed by atoms with Crippen LogP contribution in [0.1, 0.15) is 24.4 Å². The number of hydrogen-bond donors (Lipinski definition) is 1. The van der Waals surface area contributed by atoms with Gasteiger partial charge in [-0.25, -0.2) is 0 Å². The molecule has 0 fully saturated rings. The van der Waals surface area contributed by atoms with E-state index in [0.717, 1.165) is 33.9 Å². The Morgan fingerprint density at radius 2 is 2.10 bits per heavy atom. The Morgan fingerprint density at radius 3 is 2.86 bits per heavy atom. The first kappa shape index (κ1) is 13.5. The maximum Gasteiger partial charge on any atom is 0.176 e. The lowest BCUT2D eigenvalue weighted by Gasteiger charge is -2.14. The molecule has 108 valence electrons. The van der Waals surface area contributed by atoms with Crippen LogP contribution in [0.25, 0.3) is 11.0 Å². The maximum atomic E-state index is 5.96. The van der Waals surface area contributed by atoms with E-state index < -0.39 is 0 Å². The first-order valence-corrected chi connectivity index (χ1v) is 6.93. The van der Waals surface area contributed by atoms with Crippen LogP contribution in [0.3, 0.4) is 0 Å². The summed E-state index contributed by atoms with van der Waals surface area (Å²) < 4.78 is 11.3. The zero-order chi connectivity index (χ0) is 14.8. The van der Waals surface area contributed by atoms with E-state index in [1.165, 1.54) is 0 Å². The zero-order valence-electron chi connectivity index (χ0n) is 12.4. The second kappa shape index (κ2) is 5.48. The number of benzene rings is 1. The van der Waals surface area contributed by atoms with Crippen LogP contribution in [-0.2, 0) is 0 Å². The van der Waals surface area contributed by atoms with E-state index in [2.05, 4.69) is 17.2 Å². The average molecular weight is 282 g/mol. The molecule has 3 rings (SSSR count). The molecule has 0 aliphatic carbocycles. The maximum absolute atomic E-state index is 5.96. The van der Waals surface area contributed by atoms with Crippen LogP contribution >= 0.6 is 0 Å². The number of nitrogens with zero attached hydrogens (tertiary/aromatic N) is 1. The van der Waals surface area contributed by atoms with Crippen molar-refractivity contribution in [1.82, 2.24) is 4.98 Å². The lowest BCUT2D eigenvalue weighted by Crippen LogP contribution is -2.07. The highest BCUT2D eigenvalue weighted by Gasteiger charge is 2.14. The van der Waals surface area contributed by atoms with Gasteiger partial charge in [-0.15, -0.1) is 0 Å². The minimum absolute atomic E-state index is 0.0463. The van der Waals surface area contributed by atoms with Crippen LogP contribution in [0.15, 0.2) is 47.0 Å². The summed E-state index contributed by atoms with van der Waals surface area (Å²) in [4.78, 5) is 4.28. The van der Waals surface area contributed by atoms with Gasteiger partial charge in [0.2, 0.25) is 0 Å². The predicted octanol–water partition coefficient (Wildman–Crippen LogP) is 4.32. The van der Waals surface area contributed by atoms with Gasteiger partial charge in [-0.3, -0.25) is 4.98 Å². The van der Waals surface area contributed by atoms with Gasteiger partial charge < -0.3 is 14.5 Å². The van der Waals surface area contributed by atoms with Gasteiger partial charge in [-0.05, 0) is 38.1 Å². The molecule has 0 amide bonds. The monoisotopic (exact) mass is 282 g/mol. The number of aryl methyl sites for hydroxylation is 1. The molecule has 3 aromatic rings. The molecule has 4 nitrogen and oxygen atoms in total. The van der Waals surface area contributed by atoms with Gasteiger partial charge in [0.15, 0.2) is 11.3 Å². The molecule has 0 saturated carbocycles. The topological polar surface area (TPSA) is 47.3 Å². The largest absolute Gasteiger partial charge is 0.493 e. The number of anilines is 1. The summed E-state index contributed by atoms with van der Waals surface area (Å²) in [5.41, 5.74) is 2.77. The van der Waals surface area contributed by atoms with Gasteiger partial charge in [0.05, 0.1) is 24.5 Å². The summed E-state index contributed by atoms with van der Waals surface area (Å²) in [6, 6.07) is 11.9. The number of aromatic nitrogens is 1. The van der Waals surface area contributed by atoms with Crippen molar-refractivity contribution < 1.29 is 9.15 Å². The van der Waals surface area contributed by atoms with Crippen molar-refractivity contribution in [3.63, 3.8) is 0 Å². The van der Waals surface area contributed by atoms with E-state index in [9.17, 15) is 0 Å². The number of hydrogen-bond acceptors (Lipinski definition) is 4. The summed E-state index contributed by atoms with van der Waals surface area (Å²) in [6.45, 7) is 4.05. The number of rotatable bonds is 4. The van der Waals surface area contributed by atoms with Crippen LogP contribution in [-0.4, -0.2) is 12.1 Å². The van der Waals surface area contributed by atoms with Crippen LogP contribution in [0.2, 0.25) is 0 Å². The highest BCUT2D eigenvalue weighted by Crippen LogP contribution is 2.32. The van der Waals surface area contributed by atoms with Crippen LogP contribution in [0.4, 0.5) is 5.69 Å². The van der Waals surface area contributed by atoms with Crippen molar-refractivity contribution in [2.75, 3.05) is 12.4 Å². The molecule has 21 heavy (non-hydrogen) atoms. The van der Waals surface area contributed by atoms with Gasteiger partial charge in [0, 0.05) is 11.6 Å². The molecule has 0 aliphatic rings. The van der Waals surface area contributed by atoms with Crippen molar-refractivity contribution in [3.8, 4) is 5.75 Å². The van der Waals surface area contributed by atoms with Crippen LogP contribution in [0, 0.1) is 6.92 Å². The third-order valence-corrected chi connectivity index (χ3v) is 3.55. The van der Waals surface area contributed by atoms with Crippen molar-refractivity contribution in [3.05, 3.63) is 54.0 Å². The van der Waals surface area contributed by atoms with Gasteiger partial charge in [0.1, 0.15) is 5.76 Å². The fraction of sp³-hybridized carbons (Fsp3) is 0.235. The number of ether oxygens (including phenoxy) is 1. The number of fused-ring (bicyclic) bond motifs is 1. The predicted molar refractivity (Wildman–Crippen MR) is 83.8 cm³/mol. The molecular weight excluding hydrogens is 264 g/mol. The Balaban J connectivity index is 1.91. The van der Waals surface area contributed by atoms with Crippen LogP contribution < -0.4 is 10.1 Å². The van der Waals surface area contributed by atoms with Gasteiger partial charge in [0.25, 0.3) is 0 Å². The normalized spacial score (nSPS) is 12.3.